The lowest BCUT2D eigenvalue weighted by atomic mass is 10.1. The number of nitrogens with zero attached hydrogens (tertiary/aromatic N) is 5. The molecule has 2 heterocycles. The van der Waals surface area contributed by atoms with Gasteiger partial charge >= 0.3 is 0 Å². The second-order valence-corrected chi connectivity index (χ2v) is 7.43. The predicted molar refractivity (Wildman–Crippen MR) is 133 cm³/mol. The fourth-order valence-electron chi connectivity index (χ4n) is 3.67. The number of aryl methyl sites for hydroxylation is 1. The summed E-state index contributed by atoms with van der Waals surface area (Å²) in [5, 5.41) is 10.9. The lowest BCUT2D eigenvalue weighted by Crippen LogP contribution is -2.15. The molecule has 0 atom stereocenters. The minimum atomic E-state index is -0.439. The molecule has 34 heavy (non-hydrogen) atoms. The van der Waals surface area contributed by atoms with E-state index in [0.29, 0.717) is 28.8 Å². The maximum atomic E-state index is 11.9. The van der Waals surface area contributed by atoms with Crippen molar-refractivity contribution in [2.24, 2.45) is 12.3 Å². The topological polar surface area (TPSA) is 114 Å². The lowest BCUT2D eigenvalue weighted by molar-refractivity contribution is -0.111. The van der Waals surface area contributed by atoms with E-state index in [0.717, 1.165) is 33.2 Å². The number of hydrogen-bond acceptors (Lipinski definition) is 7. The van der Waals surface area contributed by atoms with Crippen molar-refractivity contribution in [2.75, 3.05) is 29.8 Å². The number of methoxy groups -OCH3 is 1. The minimum Gasteiger partial charge on any atom is -0.494 e. The van der Waals surface area contributed by atoms with Crippen LogP contribution in [0.2, 0.25) is 0 Å². The first-order valence-corrected chi connectivity index (χ1v) is 10.3. The largest absolute Gasteiger partial charge is 0.494 e. The smallest absolute Gasteiger partial charge is 0.247 e. The van der Waals surface area contributed by atoms with E-state index in [1.807, 2.05) is 42.1 Å². The van der Waals surface area contributed by atoms with Crippen LogP contribution in [0.5, 0.6) is 5.75 Å². The second-order valence-electron chi connectivity index (χ2n) is 7.43. The zero-order valence-electron chi connectivity index (χ0n) is 18.9. The van der Waals surface area contributed by atoms with Crippen LogP contribution in [0.15, 0.2) is 72.8 Å². The molecule has 0 saturated carbocycles. The van der Waals surface area contributed by atoms with E-state index < -0.39 is 5.91 Å². The van der Waals surface area contributed by atoms with Crippen LogP contribution >= 0.6 is 0 Å². The standard InChI is InChI=1S/C24H23N7O3/c1-5-23(32)26-18-12-19(22(34-4)13-21(18)31(3)29-33)28-24-25-11-10-17(27-24)16-14-30(2)20-9-7-6-8-15(16)20/h5-14H,1H2,2-4H3,(H,26,32)(H,25,27,28). The number of carbonyl (C=O) groups excluding carboxylic acids is 1. The van der Waals surface area contributed by atoms with Crippen LogP contribution in [0.3, 0.4) is 0 Å². The van der Waals surface area contributed by atoms with Crippen LogP contribution in [0.1, 0.15) is 0 Å². The van der Waals surface area contributed by atoms with Gasteiger partial charge in [-0.05, 0) is 24.3 Å². The van der Waals surface area contributed by atoms with E-state index in [4.69, 9.17) is 4.74 Å². The van der Waals surface area contributed by atoms with E-state index in [1.165, 1.54) is 14.2 Å². The summed E-state index contributed by atoms with van der Waals surface area (Å²) in [5.74, 6) is 0.298. The molecule has 0 aliphatic heterocycles. The number of aromatic nitrogens is 3. The highest BCUT2D eigenvalue weighted by atomic mass is 16.5. The van der Waals surface area contributed by atoms with Gasteiger partial charge in [-0.2, -0.15) is 0 Å². The van der Waals surface area contributed by atoms with E-state index in [1.54, 1.807) is 18.3 Å². The van der Waals surface area contributed by atoms with Crippen molar-refractivity contribution >= 4 is 39.8 Å². The number of fused-ring (bicyclic) bond motifs is 1. The van der Waals surface area contributed by atoms with Gasteiger partial charge in [0.05, 0.1) is 35.2 Å². The van der Waals surface area contributed by atoms with Crippen LogP contribution in [0.25, 0.3) is 22.2 Å². The molecule has 0 unspecified atom stereocenters. The Morgan fingerprint density at radius 1 is 1.24 bits per heavy atom. The fraction of sp³-hybridized carbons (Fsp3) is 0.125. The number of nitrogens with one attached hydrogen (secondary N) is 2. The van der Waals surface area contributed by atoms with Crippen molar-refractivity contribution < 1.29 is 9.53 Å². The molecular weight excluding hydrogens is 434 g/mol. The summed E-state index contributed by atoms with van der Waals surface area (Å²) >= 11 is 0. The van der Waals surface area contributed by atoms with Gasteiger partial charge in [0.1, 0.15) is 5.75 Å². The average Bonchev–Trinajstić information content (AvgIpc) is 3.20. The van der Waals surface area contributed by atoms with Gasteiger partial charge in [0.25, 0.3) is 0 Å². The third-order valence-electron chi connectivity index (χ3n) is 5.31. The first-order valence-electron chi connectivity index (χ1n) is 10.3. The van der Waals surface area contributed by atoms with Crippen LogP contribution in [-0.4, -0.2) is 34.6 Å². The molecule has 0 radical (unpaired) electrons. The Labute approximate surface area is 195 Å². The van der Waals surface area contributed by atoms with Crippen LogP contribution in [0.4, 0.5) is 23.0 Å². The normalized spacial score (nSPS) is 10.6. The van der Waals surface area contributed by atoms with Gasteiger partial charge in [0.15, 0.2) is 0 Å². The van der Waals surface area contributed by atoms with Crippen molar-refractivity contribution in [3.05, 3.63) is 72.4 Å². The zero-order valence-corrected chi connectivity index (χ0v) is 18.9. The first-order chi connectivity index (χ1) is 16.4. The lowest BCUT2D eigenvalue weighted by Gasteiger charge is -2.19. The number of benzene rings is 2. The number of rotatable bonds is 8. The summed E-state index contributed by atoms with van der Waals surface area (Å²) in [6.07, 6.45) is 4.82. The number of hydrogen-bond donors (Lipinski definition) is 2. The van der Waals surface area contributed by atoms with Gasteiger partial charge in [-0.15, -0.1) is 4.91 Å². The molecule has 2 aromatic heterocycles. The molecule has 0 aliphatic carbocycles. The van der Waals surface area contributed by atoms with Gasteiger partial charge in [0.2, 0.25) is 11.9 Å². The first kappa shape index (κ1) is 22.5. The minimum absolute atomic E-state index is 0.333. The summed E-state index contributed by atoms with van der Waals surface area (Å²) in [4.78, 5) is 32.1. The quantitative estimate of drug-likeness (QED) is 0.225. The summed E-state index contributed by atoms with van der Waals surface area (Å²) in [6, 6.07) is 13.1. The zero-order chi connectivity index (χ0) is 24.2. The number of para-hydroxylation sites is 1. The maximum Gasteiger partial charge on any atom is 0.247 e. The highest BCUT2D eigenvalue weighted by Crippen LogP contribution is 2.38. The van der Waals surface area contributed by atoms with Gasteiger partial charge in [-0.3, -0.25) is 4.79 Å². The Kier molecular flexibility index (Phi) is 6.22. The molecule has 4 rings (SSSR count). The third-order valence-corrected chi connectivity index (χ3v) is 5.31. The summed E-state index contributed by atoms with van der Waals surface area (Å²) < 4.78 is 7.54. The highest BCUT2D eigenvalue weighted by molar-refractivity contribution is 6.02. The van der Waals surface area contributed by atoms with Gasteiger partial charge < -0.3 is 19.9 Å². The Hall–Kier alpha value is -4.73. The number of ether oxygens (including phenoxy) is 1. The molecular formula is C24H23N7O3. The van der Waals surface area contributed by atoms with Crippen LogP contribution in [0, 0.1) is 4.91 Å². The maximum absolute atomic E-state index is 11.9. The van der Waals surface area contributed by atoms with Gasteiger partial charge in [0, 0.05) is 49.0 Å². The average molecular weight is 457 g/mol. The van der Waals surface area contributed by atoms with Gasteiger partial charge in [-0.1, -0.05) is 24.8 Å². The molecule has 1 amide bonds. The fourth-order valence-corrected chi connectivity index (χ4v) is 3.67. The van der Waals surface area contributed by atoms with Crippen LogP contribution < -0.4 is 20.4 Å². The van der Waals surface area contributed by atoms with Crippen molar-refractivity contribution in [1.29, 1.82) is 0 Å². The Balaban J connectivity index is 1.75. The monoisotopic (exact) mass is 457 g/mol. The van der Waals surface area contributed by atoms with Crippen molar-refractivity contribution in [1.82, 2.24) is 14.5 Å². The highest BCUT2D eigenvalue weighted by Gasteiger charge is 2.17. The van der Waals surface area contributed by atoms with Crippen molar-refractivity contribution in [3.8, 4) is 17.0 Å². The molecule has 172 valence electrons. The molecule has 2 aromatic carbocycles. The predicted octanol–water partition coefficient (Wildman–Crippen LogP) is 4.63. The molecule has 4 aromatic rings. The Morgan fingerprint density at radius 3 is 2.76 bits per heavy atom. The summed E-state index contributed by atoms with van der Waals surface area (Å²) in [7, 11) is 4.95. The number of nitroso groups, excluding NO2 is 1. The summed E-state index contributed by atoms with van der Waals surface area (Å²) in [6.45, 7) is 3.46. The van der Waals surface area contributed by atoms with E-state index in [9.17, 15) is 9.70 Å². The molecule has 10 heteroatoms. The number of anilines is 4. The molecule has 0 fully saturated rings. The second kappa shape index (κ2) is 9.41. The third kappa shape index (κ3) is 4.29. The molecule has 0 saturated heterocycles. The Morgan fingerprint density at radius 2 is 2.03 bits per heavy atom. The molecule has 10 nitrogen and oxygen atoms in total. The molecule has 2 N–H and O–H groups in total. The van der Waals surface area contributed by atoms with E-state index >= 15 is 0 Å². The number of amides is 1. The molecule has 0 bridgehead atoms. The number of carbonyl (C=O) groups is 1. The van der Waals surface area contributed by atoms with Crippen LogP contribution in [-0.2, 0) is 11.8 Å². The summed E-state index contributed by atoms with van der Waals surface area (Å²) in [5.41, 5.74) is 3.98. The van der Waals surface area contributed by atoms with Crippen molar-refractivity contribution in [3.63, 3.8) is 0 Å². The van der Waals surface area contributed by atoms with Crippen molar-refractivity contribution in [2.45, 2.75) is 0 Å². The SMILES string of the molecule is C=CC(=O)Nc1cc(Nc2nccc(-c3cn(C)c4ccccc34)n2)c(OC)cc1N(C)N=O. The Bertz CT molecular complexity index is 1400. The van der Waals surface area contributed by atoms with E-state index in [2.05, 4.69) is 38.5 Å². The van der Waals surface area contributed by atoms with E-state index in [-0.39, 0.29) is 0 Å². The van der Waals surface area contributed by atoms with Gasteiger partial charge in [-0.25, -0.2) is 15.0 Å². The molecule has 0 aliphatic rings. The molecule has 0 spiro atoms.